The number of nitrogens with one attached hydrogen (secondary N) is 1. The third-order valence-electron chi connectivity index (χ3n) is 6.93. The van der Waals surface area contributed by atoms with E-state index < -0.39 is 0 Å². The van der Waals surface area contributed by atoms with Crippen LogP contribution in [0.2, 0.25) is 0 Å². The molecular weight excluding hydrogens is 390 g/mol. The monoisotopic (exact) mass is 417 g/mol. The lowest BCUT2D eigenvalue weighted by Crippen LogP contribution is -2.30. The molecule has 5 nitrogen and oxygen atoms in total. The molecule has 31 heavy (non-hydrogen) atoms. The van der Waals surface area contributed by atoms with Gasteiger partial charge in [0.2, 0.25) is 0 Å². The summed E-state index contributed by atoms with van der Waals surface area (Å²) in [7, 11) is 0. The average Bonchev–Trinajstić information content (AvgIpc) is 3.37. The number of hydrogen-bond donors (Lipinski definition) is 1. The Labute approximate surface area is 182 Å². The third kappa shape index (κ3) is 3.79. The number of benzene rings is 2. The first-order valence-corrected chi connectivity index (χ1v) is 11.0. The van der Waals surface area contributed by atoms with Crippen molar-refractivity contribution in [2.75, 3.05) is 6.54 Å². The minimum Gasteiger partial charge on any atom is -0.455 e. The molecule has 0 unspecified atom stereocenters. The number of hydrogen-bond acceptors (Lipinski definition) is 4. The Hall–Kier alpha value is -2.92. The van der Waals surface area contributed by atoms with Gasteiger partial charge in [0.05, 0.1) is 5.60 Å². The summed E-state index contributed by atoms with van der Waals surface area (Å²) in [5.41, 5.74) is 2.12. The Morgan fingerprint density at radius 3 is 2.87 bits per heavy atom. The lowest BCUT2D eigenvalue weighted by molar-refractivity contribution is -0.140. The Bertz CT molecular complexity index is 1100. The summed E-state index contributed by atoms with van der Waals surface area (Å²) in [6.07, 6.45) is 5.24. The first-order valence-electron chi connectivity index (χ1n) is 11.0. The summed E-state index contributed by atoms with van der Waals surface area (Å²) in [5.74, 6) is -0.415. The predicted molar refractivity (Wildman–Crippen MR) is 119 cm³/mol. The largest absolute Gasteiger partial charge is 0.455 e. The summed E-state index contributed by atoms with van der Waals surface area (Å²) >= 11 is 0. The zero-order valence-electron chi connectivity index (χ0n) is 17.7. The number of ether oxygens (including phenoxy) is 2. The van der Waals surface area contributed by atoms with Crippen LogP contribution in [0.4, 0.5) is 0 Å². The van der Waals surface area contributed by atoms with Crippen LogP contribution in [0.3, 0.4) is 0 Å². The van der Waals surface area contributed by atoms with Gasteiger partial charge in [-0.25, -0.2) is 4.79 Å². The molecule has 1 aliphatic carbocycles. The topological polar surface area (TPSA) is 67.9 Å². The molecule has 2 aromatic rings. The number of carbonyl (C=O) groups excluding carboxylic acids is 2. The van der Waals surface area contributed by atoms with E-state index in [2.05, 4.69) is 24.9 Å². The summed E-state index contributed by atoms with van der Waals surface area (Å²) in [6, 6.07) is 13.8. The van der Waals surface area contributed by atoms with Crippen molar-refractivity contribution in [3.8, 4) is 0 Å². The molecule has 5 heteroatoms. The first-order chi connectivity index (χ1) is 14.9. The van der Waals surface area contributed by atoms with Crippen molar-refractivity contribution in [3.05, 3.63) is 71.8 Å². The van der Waals surface area contributed by atoms with Gasteiger partial charge >= 0.3 is 5.97 Å². The number of rotatable bonds is 3. The van der Waals surface area contributed by atoms with Gasteiger partial charge in [-0.1, -0.05) is 48.6 Å². The normalized spacial score (nSPS) is 30.1. The fourth-order valence-electron chi connectivity index (χ4n) is 4.91. The smallest absolute Gasteiger partial charge is 0.334 e. The van der Waals surface area contributed by atoms with Crippen molar-refractivity contribution in [1.29, 1.82) is 0 Å². The molecule has 2 aromatic carbocycles. The Morgan fingerprint density at radius 2 is 2.03 bits per heavy atom. The standard InChI is InChI=1S/C26H27NO4/c1-16-21-12-9-17(6-5-13-26(2)23(31-26)22(21)30-25(16)29)15-27-24(28)20-11-10-18-7-3-4-8-19(18)14-20/h3-4,6-8,10-11,14,21-23H,1,5,9,12-13,15H2,2H3,(H,27,28)/t21-,22-,23-,26+/m0/s1. The molecule has 0 bridgehead atoms. The second kappa shape index (κ2) is 7.65. The molecular formula is C26H27NO4. The molecule has 2 fully saturated rings. The Morgan fingerprint density at radius 1 is 1.23 bits per heavy atom. The minimum absolute atomic E-state index is 0.0305. The van der Waals surface area contributed by atoms with E-state index in [1.54, 1.807) is 0 Å². The van der Waals surface area contributed by atoms with E-state index >= 15 is 0 Å². The SMILES string of the molecule is C=C1C(=O)O[C@H]2[C@H]1CCC(CNC(=O)c1ccc3ccccc3c1)=CCC[C@@]1(C)O[C@@H]21. The maximum absolute atomic E-state index is 12.8. The van der Waals surface area contributed by atoms with Crippen LogP contribution in [0.15, 0.2) is 66.3 Å². The van der Waals surface area contributed by atoms with E-state index in [1.165, 1.54) is 5.57 Å². The number of esters is 1. The molecule has 2 aliphatic heterocycles. The quantitative estimate of drug-likeness (QED) is 0.349. The molecule has 2 heterocycles. The minimum atomic E-state index is -0.303. The second-order valence-corrected chi connectivity index (χ2v) is 9.04. The molecule has 1 amide bonds. The van der Waals surface area contributed by atoms with Crippen molar-refractivity contribution in [2.45, 2.75) is 50.4 Å². The lowest BCUT2D eigenvalue weighted by Gasteiger charge is -2.20. The van der Waals surface area contributed by atoms with Crippen LogP contribution >= 0.6 is 0 Å². The molecule has 0 radical (unpaired) electrons. The number of fused-ring (bicyclic) bond motifs is 4. The van der Waals surface area contributed by atoms with E-state index in [0.29, 0.717) is 17.7 Å². The van der Waals surface area contributed by atoms with Gasteiger partial charge in [0.25, 0.3) is 5.91 Å². The van der Waals surface area contributed by atoms with Crippen molar-refractivity contribution in [2.24, 2.45) is 5.92 Å². The van der Waals surface area contributed by atoms with E-state index in [1.807, 2.05) is 42.5 Å². The van der Waals surface area contributed by atoms with Crippen LogP contribution in [0, 0.1) is 5.92 Å². The van der Waals surface area contributed by atoms with Gasteiger partial charge in [0, 0.05) is 23.6 Å². The van der Waals surface area contributed by atoms with Crippen LogP contribution in [-0.2, 0) is 14.3 Å². The van der Waals surface area contributed by atoms with E-state index in [0.717, 1.165) is 36.5 Å². The fraction of sp³-hybridized carbons (Fsp3) is 0.385. The highest BCUT2D eigenvalue weighted by molar-refractivity contribution is 5.98. The van der Waals surface area contributed by atoms with Gasteiger partial charge in [-0.2, -0.15) is 0 Å². The highest BCUT2D eigenvalue weighted by atomic mass is 16.6. The van der Waals surface area contributed by atoms with Gasteiger partial charge < -0.3 is 14.8 Å². The molecule has 1 N–H and O–H groups in total. The van der Waals surface area contributed by atoms with E-state index in [-0.39, 0.29) is 35.6 Å². The highest BCUT2D eigenvalue weighted by Crippen LogP contribution is 2.49. The van der Waals surface area contributed by atoms with E-state index in [9.17, 15) is 9.59 Å². The van der Waals surface area contributed by atoms with Crippen LogP contribution in [0.5, 0.6) is 0 Å². The van der Waals surface area contributed by atoms with Crippen molar-refractivity contribution < 1.29 is 19.1 Å². The van der Waals surface area contributed by atoms with Crippen LogP contribution in [-0.4, -0.2) is 36.2 Å². The summed E-state index contributed by atoms with van der Waals surface area (Å²) in [5, 5.41) is 5.24. The van der Waals surface area contributed by atoms with Crippen molar-refractivity contribution in [3.63, 3.8) is 0 Å². The summed E-state index contributed by atoms with van der Waals surface area (Å²) in [4.78, 5) is 24.9. The van der Waals surface area contributed by atoms with Gasteiger partial charge in [0.15, 0.2) is 0 Å². The average molecular weight is 418 g/mol. The Kier molecular flexibility index (Phi) is 4.94. The van der Waals surface area contributed by atoms with E-state index in [4.69, 9.17) is 9.47 Å². The van der Waals surface area contributed by atoms with Crippen LogP contribution in [0.25, 0.3) is 10.8 Å². The maximum atomic E-state index is 12.8. The zero-order valence-corrected chi connectivity index (χ0v) is 17.7. The molecule has 2 saturated heterocycles. The molecule has 0 spiro atoms. The van der Waals surface area contributed by atoms with Gasteiger partial charge in [0.1, 0.15) is 12.2 Å². The highest BCUT2D eigenvalue weighted by Gasteiger charge is 2.61. The Balaban J connectivity index is 1.28. The fourth-order valence-corrected chi connectivity index (χ4v) is 4.91. The second-order valence-electron chi connectivity index (χ2n) is 9.04. The number of carbonyl (C=O) groups is 2. The van der Waals surface area contributed by atoms with Gasteiger partial charge in [-0.15, -0.1) is 0 Å². The molecule has 3 aliphatic rings. The zero-order chi connectivity index (χ0) is 21.6. The van der Waals surface area contributed by atoms with Gasteiger partial charge in [-0.3, -0.25) is 4.79 Å². The molecule has 4 atom stereocenters. The predicted octanol–water partition coefficient (Wildman–Crippen LogP) is 4.33. The maximum Gasteiger partial charge on any atom is 0.334 e. The van der Waals surface area contributed by atoms with Gasteiger partial charge in [-0.05, 0) is 55.5 Å². The number of amides is 1. The molecule has 0 aromatic heterocycles. The first kappa shape index (κ1) is 20.0. The number of allylic oxidation sites excluding steroid dienone is 1. The van der Waals surface area contributed by atoms with Crippen molar-refractivity contribution >= 4 is 22.6 Å². The summed E-state index contributed by atoms with van der Waals surface area (Å²) < 4.78 is 11.6. The van der Waals surface area contributed by atoms with Crippen LogP contribution in [0.1, 0.15) is 43.0 Å². The molecule has 5 rings (SSSR count). The lowest BCUT2D eigenvalue weighted by atomic mass is 9.84. The number of epoxide rings is 1. The molecule has 160 valence electrons. The van der Waals surface area contributed by atoms with Crippen molar-refractivity contribution in [1.82, 2.24) is 5.32 Å². The molecule has 0 saturated carbocycles. The van der Waals surface area contributed by atoms with Crippen LogP contribution < -0.4 is 5.32 Å². The summed E-state index contributed by atoms with van der Waals surface area (Å²) in [6.45, 7) is 6.54. The third-order valence-corrected chi connectivity index (χ3v) is 6.93.